The lowest BCUT2D eigenvalue weighted by Gasteiger charge is -2.12. The minimum Gasteiger partial charge on any atom is -0.493 e. The van der Waals surface area contributed by atoms with Crippen LogP contribution in [0.2, 0.25) is 0 Å². The summed E-state index contributed by atoms with van der Waals surface area (Å²) >= 11 is 0. The molecule has 0 aliphatic carbocycles. The van der Waals surface area contributed by atoms with Gasteiger partial charge in [-0.3, -0.25) is 10.1 Å². The summed E-state index contributed by atoms with van der Waals surface area (Å²) in [7, 11) is 0. The molecule has 7 nitrogen and oxygen atoms in total. The molecule has 7 heteroatoms. The van der Waals surface area contributed by atoms with E-state index in [1.54, 1.807) is 13.0 Å². The van der Waals surface area contributed by atoms with Gasteiger partial charge in [0.05, 0.1) is 17.6 Å². The summed E-state index contributed by atoms with van der Waals surface area (Å²) in [5, 5.41) is 19.4. The lowest BCUT2D eigenvalue weighted by Crippen LogP contribution is -2.26. The molecule has 0 aromatic heterocycles. The van der Waals surface area contributed by atoms with Crippen LogP contribution in [-0.2, 0) is 9.53 Å². The van der Waals surface area contributed by atoms with Crippen LogP contribution >= 0.6 is 0 Å². The van der Waals surface area contributed by atoms with Crippen LogP contribution in [0.4, 0.5) is 5.69 Å². The van der Waals surface area contributed by atoms with Gasteiger partial charge in [-0.2, -0.15) is 0 Å². The van der Waals surface area contributed by atoms with Crippen LogP contribution in [0.3, 0.4) is 0 Å². The maximum Gasteiger partial charge on any atom is 0.332 e. The van der Waals surface area contributed by atoms with Crippen molar-refractivity contribution in [1.29, 1.82) is 0 Å². The zero-order valence-corrected chi connectivity index (χ0v) is 10.4. The van der Waals surface area contributed by atoms with E-state index in [0.717, 1.165) is 0 Å². The van der Waals surface area contributed by atoms with Crippen molar-refractivity contribution < 1.29 is 24.3 Å². The zero-order chi connectivity index (χ0) is 14.3. The van der Waals surface area contributed by atoms with Crippen molar-refractivity contribution in [3.05, 3.63) is 34.4 Å². The third-order valence-corrected chi connectivity index (χ3v) is 2.32. The molecule has 1 aromatic carbocycles. The van der Waals surface area contributed by atoms with Crippen molar-refractivity contribution in [2.75, 3.05) is 13.2 Å². The molecule has 0 saturated heterocycles. The Hall–Kier alpha value is -2.15. The van der Waals surface area contributed by atoms with E-state index in [-0.39, 0.29) is 18.7 Å². The van der Waals surface area contributed by atoms with Gasteiger partial charge in [-0.25, -0.2) is 4.79 Å². The second-order valence-corrected chi connectivity index (χ2v) is 3.67. The van der Waals surface area contributed by atoms with E-state index >= 15 is 0 Å². The molecule has 0 aliphatic rings. The average Bonchev–Trinajstić information content (AvgIpc) is 2.38. The Bertz CT molecular complexity index is 448. The smallest absolute Gasteiger partial charge is 0.332 e. The molecular formula is C12H15NO6. The quantitative estimate of drug-likeness (QED) is 0.571. The van der Waals surface area contributed by atoms with Gasteiger partial charge in [0.25, 0.3) is 5.69 Å². The number of carboxylic acid groups (broad SMARTS) is 1. The van der Waals surface area contributed by atoms with Crippen LogP contribution in [0.5, 0.6) is 5.75 Å². The van der Waals surface area contributed by atoms with Gasteiger partial charge < -0.3 is 14.6 Å². The molecule has 0 amide bonds. The Morgan fingerprint density at radius 1 is 1.53 bits per heavy atom. The van der Waals surface area contributed by atoms with Crippen LogP contribution in [0, 0.1) is 10.1 Å². The Morgan fingerprint density at radius 3 is 2.84 bits per heavy atom. The molecular weight excluding hydrogens is 254 g/mol. The maximum atomic E-state index is 10.8. The Morgan fingerprint density at radius 2 is 2.26 bits per heavy atom. The van der Waals surface area contributed by atoms with Gasteiger partial charge in [-0.15, -0.1) is 0 Å². The van der Waals surface area contributed by atoms with E-state index < -0.39 is 17.0 Å². The fourth-order valence-corrected chi connectivity index (χ4v) is 1.45. The van der Waals surface area contributed by atoms with Crippen molar-refractivity contribution in [2.45, 2.75) is 19.4 Å². The van der Waals surface area contributed by atoms with Crippen molar-refractivity contribution in [3.8, 4) is 5.75 Å². The normalized spacial score (nSPS) is 11.8. The third kappa shape index (κ3) is 4.92. The van der Waals surface area contributed by atoms with Crippen LogP contribution in [0.1, 0.15) is 13.3 Å². The molecule has 0 spiro atoms. The van der Waals surface area contributed by atoms with Gasteiger partial charge in [0.15, 0.2) is 6.10 Å². The summed E-state index contributed by atoms with van der Waals surface area (Å²) < 4.78 is 10.3. The molecule has 19 heavy (non-hydrogen) atoms. The fourth-order valence-electron chi connectivity index (χ4n) is 1.45. The number of nitro benzene ring substituents is 1. The molecule has 0 bridgehead atoms. The lowest BCUT2D eigenvalue weighted by atomic mass is 10.2. The van der Waals surface area contributed by atoms with Crippen LogP contribution in [0.25, 0.3) is 0 Å². The second-order valence-electron chi connectivity index (χ2n) is 3.67. The zero-order valence-electron chi connectivity index (χ0n) is 10.4. The molecule has 0 fully saturated rings. The Kier molecular flexibility index (Phi) is 5.74. The summed E-state index contributed by atoms with van der Waals surface area (Å²) in [6.45, 7) is 2.11. The molecule has 1 atom stereocenters. The van der Waals surface area contributed by atoms with Gasteiger partial charge in [0.2, 0.25) is 0 Å². The number of ether oxygens (including phenoxy) is 2. The van der Waals surface area contributed by atoms with E-state index in [4.69, 9.17) is 14.6 Å². The van der Waals surface area contributed by atoms with Crippen LogP contribution < -0.4 is 4.74 Å². The molecule has 1 unspecified atom stereocenters. The van der Waals surface area contributed by atoms with E-state index in [1.165, 1.54) is 18.2 Å². The Labute approximate surface area is 109 Å². The number of rotatable bonds is 8. The number of nitro groups is 1. The third-order valence-electron chi connectivity index (χ3n) is 2.32. The highest BCUT2D eigenvalue weighted by molar-refractivity contribution is 5.72. The van der Waals surface area contributed by atoms with E-state index in [2.05, 4.69) is 0 Å². The lowest BCUT2D eigenvalue weighted by molar-refractivity contribution is -0.384. The first-order chi connectivity index (χ1) is 9.04. The fraction of sp³-hybridized carbons (Fsp3) is 0.417. The Balaban J connectivity index is 2.50. The van der Waals surface area contributed by atoms with Crippen LogP contribution in [-0.4, -0.2) is 35.3 Å². The van der Waals surface area contributed by atoms with Crippen molar-refractivity contribution in [3.63, 3.8) is 0 Å². The van der Waals surface area contributed by atoms with E-state index in [1.807, 2.05) is 0 Å². The molecule has 1 aromatic rings. The van der Waals surface area contributed by atoms with Gasteiger partial charge in [0.1, 0.15) is 5.75 Å². The number of hydrogen-bond acceptors (Lipinski definition) is 5. The predicted molar refractivity (Wildman–Crippen MR) is 66.3 cm³/mol. The molecule has 1 rings (SSSR count). The number of benzene rings is 1. The molecule has 0 heterocycles. The number of carboxylic acids is 1. The van der Waals surface area contributed by atoms with Gasteiger partial charge >= 0.3 is 5.97 Å². The summed E-state index contributed by atoms with van der Waals surface area (Å²) in [4.78, 5) is 20.8. The molecule has 1 N–H and O–H groups in total. The van der Waals surface area contributed by atoms with Crippen molar-refractivity contribution in [2.24, 2.45) is 0 Å². The first-order valence-corrected chi connectivity index (χ1v) is 5.76. The molecule has 0 saturated carbocycles. The molecule has 0 radical (unpaired) electrons. The van der Waals surface area contributed by atoms with Crippen molar-refractivity contribution >= 4 is 11.7 Å². The largest absolute Gasteiger partial charge is 0.493 e. The minimum atomic E-state index is -1.05. The number of carbonyl (C=O) groups is 1. The summed E-state index contributed by atoms with van der Waals surface area (Å²) in [5.74, 6) is -0.723. The first-order valence-electron chi connectivity index (χ1n) is 5.76. The maximum absolute atomic E-state index is 10.8. The number of nitrogens with zero attached hydrogens (tertiary/aromatic N) is 1. The summed E-state index contributed by atoms with van der Waals surface area (Å²) in [6, 6.07) is 5.72. The van der Waals surface area contributed by atoms with Gasteiger partial charge in [0, 0.05) is 19.1 Å². The summed E-state index contributed by atoms with van der Waals surface area (Å²) in [6.07, 6.45) is -0.755. The number of hydrogen-bond donors (Lipinski definition) is 1. The number of non-ortho nitro benzene ring substituents is 1. The standard InChI is InChI=1S/C12H15NO6/c1-2-18-11(12(14)15)6-7-19-10-5-3-4-9(8-10)13(16)17/h3-5,8,11H,2,6-7H2,1H3,(H,14,15). The van der Waals surface area contributed by atoms with Crippen LogP contribution in [0.15, 0.2) is 24.3 Å². The van der Waals surface area contributed by atoms with Crippen molar-refractivity contribution in [1.82, 2.24) is 0 Å². The van der Waals surface area contributed by atoms with Gasteiger partial charge in [-0.05, 0) is 13.0 Å². The topological polar surface area (TPSA) is 98.9 Å². The second kappa shape index (κ2) is 7.32. The highest BCUT2D eigenvalue weighted by Crippen LogP contribution is 2.19. The van der Waals surface area contributed by atoms with E-state index in [9.17, 15) is 14.9 Å². The predicted octanol–water partition coefficient (Wildman–Crippen LogP) is 1.85. The van der Waals surface area contributed by atoms with Gasteiger partial charge in [-0.1, -0.05) is 6.07 Å². The minimum absolute atomic E-state index is 0.0721. The monoisotopic (exact) mass is 269 g/mol. The molecule has 0 aliphatic heterocycles. The molecule has 104 valence electrons. The number of aliphatic carboxylic acids is 1. The highest BCUT2D eigenvalue weighted by atomic mass is 16.6. The average molecular weight is 269 g/mol. The summed E-state index contributed by atoms with van der Waals surface area (Å²) in [5.41, 5.74) is -0.0721. The SMILES string of the molecule is CCOC(CCOc1cccc([N+](=O)[O-])c1)C(=O)O. The first kappa shape index (κ1) is 14.9. The van der Waals surface area contributed by atoms with E-state index in [0.29, 0.717) is 12.4 Å². The highest BCUT2D eigenvalue weighted by Gasteiger charge is 2.17.